The maximum Gasteiger partial charge on any atom is 0.132 e. The Morgan fingerprint density at radius 1 is 1.31 bits per heavy atom. The van der Waals surface area contributed by atoms with E-state index in [1.807, 2.05) is 13.8 Å². The molecule has 0 radical (unpaired) electrons. The van der Waals surface area contributed by atoms with Gasteiger partial charge in [0.05, 0.1) is 0 Å². The molecule has 90 valence electrons. The van der Waals surface area contributed by atoms with E-state index in [1.165, 1.54) is 12.1 Å². The molecule has 0 aliphatic heterocycles. The van der Waals surface area contributed by atoms with Crippen LogP contribution in [0.4, 0.5) is 8.78 Å². The van der Waals surface area contributed by atoms with Crippen LogP contribution in [0.2, 0.25) is 0 Å². The first kappa shape index (κ1) is 13.6. The van der Waals surface area contributed by atoms with Gasteiger partial charge in [-0.1, -0.05) is 36.2 Å². The summed E-state index contributed by atoms with van der Waals surface area (Å²) in [5.41, 5.74) is 0.125. The molecule has 0 heterocycles. The van der Waals surface area contributed by atoms with Crippen LogP contribution < -0.4 is 5.32 Å². The average molecular weight is 292 g/mol. The molecule has 0 aliphatic rings. The quantitative estimate of drug-likeness (QED) is 0.883. The molecule has 0 saturated heterocycles. The number of benzene rings is 1. The number of nitrogens with one attached hydrogen (secondary N) is 1. The van der Waals surface area contributed by atoms with Crippen molar-refractivity contribution in [1.29, 1.82) is 0 Å². The molecule has 2 atom stereocenters. The molecule has 0 spiro atoms. The summed E-state index contributed by atoms with van der Waals surface area (Å²) in [5.74, 6) is -0.840. The van der Waals surface area contributed by atoms with Crippen molar-refractivity contribution in [3.8, 4) is 0 Å². The van der Waals surface area contributed by atoms with E-state index in [-0.39, 0.29) is 17.5 Å². The van der Waals surface area contributed by atoms with E-state index >= 15 is 0 Å². The van der Waals surface area contributed by atoms with E-state index in [1.54, 1.807) is 7.05 Å². The Morgan fingerprint density at radius 3 is 2.19 bits per heavy atom. The van der Waals surface area contributed by atoms with Crippen LogP contribution in [-0.4, -0.2) is 7.05 Å². The summed E-state index contributed by atoms with van der Waals surface area (Å²) in [6.45, 7) is 3.98. The van der Waals surface area contributed by atoms with Gasteiger partial charge in [0.25, 0.3) is 0 Å². The zero-order valence-electron chi connectivity index (χ0n) is 9.65. The third kappa shape index (κ3) is 2.80. The molecule has 0 fully saturated rings. The maximum absolute atomic E-state index is 13.7. The van der Waals surface area contributed by atoms with Crippen LogP contribution in [0.15, 0.2) is 16.6 Å². The molecule has 1 aromatic rings. The number of rotatable bonds is 4. The van der Waals surface area contributed by atoms with Gasteiger partial charge in [0.2, 0.25) is 0 Å². The van der Waals surface area contributed by atoms with Crippen molar-refractivity contribution in [3.05, 3.63) is 33.8 Å². The Bertz CT molecular complexity index is 345. The van der Waals surface area contributed by atoms with Gasteiger partial charge in [0.15, 0.2) is 0 Å². The van der Waals surface area contributed by atoms with Gasteiger partial charge in [0.1, 0.15) is 11.6 Å². The number of hydrogen-bond donors (Lipinski definition) is 1. The van der Waals surface area contributed by atoms with Crippen molar-refractivity contribution >= 4 is 15.9 Å². The molecule has 0 aromatic heterocycles. The number of hydrogen-bond acceptors (Lipinski definition) is 1. The minimum absolute atomic E-state index is 0.125. The van der Waals surface area contributed by atoms with E-state index in [9.17, 15) is 8.78 Å². The fraction of sp³-hybridized carbons (Fsp3) is 0.500. The Morgan fingerprint density at radius 2 is 1.81 bits per heavy atom. The SMILES string of the molecule is CCC(C)C(NC)c1c(F)cc(Br)cc1F. The summed E-state index contributed by atoms with van der Waals surface area (Å²) in [7, 11) is 1.72. The molecule has 0 saturated carbocycles. The first-order valence-electron chi connectivity index (χ1n) is 5.33. The zero-order valence-corrected chi connectivity index (χ0v) is 11.2. The second-order valence-corrected chi connectivity index (χ2v) is 4.85. The van der Waals surface area contributed by atoms with Crippen molar-refractivity contribution < 1.29 is 8.78 Å². The van der Waals surface area contributed by atoms with Crippen molar-refractivity contribution in [2.75, 3.05) is 7.05 Å². The van der Waals surface area contributed by atoms with Crippen LogP contribution in [0.5, 0.6) is 0 Å². The lowest BCUT2D eigenvalue weighted by atomic mass is 9.92. The largest absolute Gasteiger partial charge is 0.313 e. The summed E-state index contributed by atoms with van der Waals surface area (Å²) >= 11 is 3.07. The Hall–Kier alpha value is -0.480. The second-order valence-electron chi connectivity index (χ2n) is 3.93. The fourth-order valence-electron chi connectivity index (χ4n) is 1.80. The minimum Gasteiger partial charge on any atom is -0.313 e. The van der Waals surface area contributed by atoms with Gasteiger partial charge in [-0.3, -0.25) is 0 Å². The normalized spacial score (nSPS) is 14.9. The van der Waals surface area contributed by atoms with E-state index in [2.05, 4.69) is 21.2 Å². The van der Waals surface area contributed by atoms with Crippen LogP contribution in [0.1, 0.15) is 31.9 Å². The van der Waals surface area contributed by atoms with Crippen molar-refractivity contribution in [2.45, 2.75) is 26.3 Å². The summed E-state index contributed by atoms with van der Waals surface area (Å²) in [6.07, 6.45) is 0.862. The standard InChI is InChI=1S/C12H16BrF2N/c1-4-7(2)12(16-3)11-9(14)5-8(13)6-10(11)15/h5-7,12,16H,4H2,1-3H3. The highest BCUT2D eigenvalue weighted by Crippen LogP contribution is 2.30. The predicted octanol–water partition coefficient (Wildman–Crippen LogP) is 4.03. The molecule has 1 nitrogen and oxygen atoms in total. The second kappa shape index (κ2) is 5.73. The topological polar surface area (TPSA) is 12.0 Å². The molecular weight excluding hydrogens is 276 g/mol. The van der Waals surface area contributed by atoms with Crippen LogP contribution in [0.25, 0.3) is 0 Å². The fourth-order valence-corrected chi connectivity index (χ4v) is 2.20. The van der Waals surface area contributed by atoms with Gasteiger partial charge < -0.3 is 5.32 Å². The molecular formula is C12H16BrF2N. The molecule has 1 rings (SSSR count). The first-order chi connectivity index (χ1) is 7.51. The highest BCUT2D eigenvalue weighted by atomic mass is 79.9. The minimum atomic E-state index is -0.508. The van der Waals surface area contributed by atoms with Gasteiger partial charge in [-0.05, 0) is 25.1 Å². The molecule has 2 unspecified atom stereocenters. The summed E-state index contributed by atoms with van der Waals surface area (Å²) < 4.78 is 27.9. The summed E-state index contributed by atoms with van der Waals surface area (Å²) in [5, 5.41) is 2.97. The van der Waals surface area contributed by atoms with Gasteiger partial charge in [0, 0.05) is 16.1 Å². The highest BCUT2D eigenvalue weighted by Gasteiger charge is 2.23. The van der Waals surface area contributed by atoms with Crippen molar-refractivity contribution in [1.82, 2.24) is 5.32 Å². The zero-order chi connectivity index (χ0) is 12.3. The molecule has 0 aliphatic carbocycles. The van der Waals surface area contributed by atoms with Gasteiger partial charge in [-0.15, -0.1) is 0 Å². The van der Waals surface area contributed by atoms with Gasteiger partial charge in [-0.25, -0.2) is 8.78 Å². The Kier molecular flexibility index (Phi) is 4.87. The van der Waals surface area contributed by atoms with Crippen molar-refractivity contribution in [3.63, 3.8) is 0 Å². The third-order valence-electron chi connectivity index (χ3n) is 2.88. The van der Waals surface area contributed by atoms with E-state index in [0.717, 1.165) is 6.42 Å². The number of halogens is 3. The van der Waals surface area contributed by atoms with Gasteiger partial charge in [-0.2, -0.15) is 0 Å². The Labute approximate surface area is 103 Å². The highest BCUT2D eigenvalue weighted by molar-refractivity contribution is 9.10. The van der Waals surface area contributed by atoms with Crippen LogP contribution in [0, 0.1) is 17.6 Å². The molecule has 1 N–H and O–H groups in total. The van der Waals surface area contributed by atoms with E-state index in [0.29, 0.717) is 4.47 Å². The van der Waals surface area contributed by atoms with Crippen LogP contribution in [-0.2, 0) is 0 Å². The maximum atomic E-state index is 13.7. The lowest BCUT2D eigenvalue weighted by Gasteiger charge is -2.24. The molecule has 16 heavy (non-hydrogen) atoms. The van der Waals surface area contributed by atoms with E-state index in [4.69, 9.17) is 0 Å². The Balaban J connectivity index is 3.19. The van der Waals surface area contributed by atoms with Crippen LogP contribution in [0.3, 0.4) is 0 Å². The molecule has 0 bridgehead atoms. The van der Waals surface area contributed by atoms with Crippen molar-refractivity contribution in [2.24, 2.45) is 5.92 Å². The lowest BCUT2D eigenvalue weighted by molar-refractivity contribution is 0.372. The summed E-state index contributed by atoms with van der Waals surface area (Å²) in [4.78, 5) is 0. The predicted molar refractivity (Wildman–Crippen MR) is 65.3 cm³/mol. The molecule has 1 aromatic carbocycles. The summed E-state index contributed by atoms with van der Waals surface area (Å²) in [6, 6.07) is 2.30. The van der Waals surface area contributed by atoms with E-state index < -0.39 is 11.6 Å². The third-order valence-corrected chi connectivity index (χ3v) is 3.34. The molecule has 0 amide bonds. The monoisotopic (exact) mass is 291 g/mol. The lowest BCUT2D eigenvalue weighted by Crippen LogP contribution is -2.25. The van der Waals surface area contributed by atoms with Crippen LogP contribution >= 0.6 is 15.9 Å². The molecule has 4 heteroatoms. The average Bonchev–Trinajstić information content (AvgIpc) is 2.22. The smallest absolute Gasteiger partial charge is 0.132 e. The van der Waals surface area contributed by atoms with Gasteiger partial charge >= 0.3 is 0 Å². The first-order valence-corrected chi connectivity index (χ1v) is 6.12.